The second-order valence-corrected chi connectivity index (χ2v) is 8.61. The lowest BCUT2D eigenvalue weighted by molar-refractivity contribution is -0.746. The normalized spacial score (nSPS) is 15.9. The first-order chi connectivity index (χ1) is 17.4. The summed E-state index contributed by atoms with van der Waals surface area (Å²) >= 11 is 5.57. The summed E-state index contributed by atoms with van der Waals surface area (Å²) in [6, 6.07) is 10.6. The van der Waals surface area contributed by atoms with Crippen LogP contribution in [0.4, 0.5) is 24.5 Å². The van der Waals surface area contributed by atoms with Gasteiger partial charge in [0.05, 0.1) is 12.1 Å². The molecular weight excluding hydrogens is 515 g/mol. The van der Waals surface area contributed by atoms with Gasteiger partial charge in [0, 0.05) is 5.69 Å². The molecule has 14 heteroatoms. The molecule has 0 aliphatic carbocycles. The standard InChI is InChI=1S/C23H20F3N5O5S/c1-13-3-7-15(8-4-13)31-20(33)17(30(22(31)37)12-18-21(34)36-28-29(18)2)11-19(32)27-14-5-9-16(10-6-14)35-23(24,25)26/h3-10,17H,11-12H2,1-2H3,(H-,27,28,32,34)/p+1. The molecule has 1 unspecified atom stereocenters. The number of thiocarbonyl (C=S) groups is 1. The molecule has 1 saturated heterocycles. The van der Waals surface area contributed by atoms with E-state index in [2.05, 4.69) is 15.3 Å². The minimum absolute atomic E-state index is 0.0981. The lowest BCUT2D eigenvalue weighted by Gasteiger charge is -2.21. The van der Waals surface area contributed by atoms with E-state index in [1.54, 1.807) is 19.2 Å². The average molecular weight is 537 g/mol. The number of H-pyrrole nitrogens is 1. The summed E-state index contributed by atoms with van der Waals surface area (Å²) in [6.45, 7) is 1.77. The molecule has 10 nitrogen and oxygen atoms in total. The zero-order valence-corrected chi connectivity index (χ0v) is 20.4. The van der Waals surface area contributed by atoms with Crippen molar-refractivity contribution in [2.24, 2.45) is 7.05 Å². The van der Waals surface area contributed by atoms with E-state index in [9.17, 15) is 27.6 Å². The lowest BCUT2D eigenvalue weighted by atomic mass is 10.1. The Morgan fingerprint density at radius 2 is 1.81 bits per heavy atom. The van der Waals surface area contributed by atoms with Crippen LogP contribution in [-0.2, 0) is 23.2 Å². The number of hydrogen-bond acceptors (Lipinski definition) is 6. The van der Waals surface area contributed by atoms with Crippen molar-refractivity contribution in [2.75, 3.05) is 10.2 Å². The van der Waals surface area contributed by atoms with Gasteiger partial charge in [0.15, 0.2) is 12.2 Å². The van der Waals surface area contributed by atoms with Crippen molar-refractivity contribution >= 4 is 40.5 Å². The number of halogens is 3. The van der Waals surface area contributed by atoms with Gasteiger partial charge >= 0.3 is 17.7 Å². The van der Waals surface area contributed by atoms with Crippen LogP contribution in [0, 0.1) is 6.92 Å². The molecular formula is C23H21F3N5O5S+. The number of rotatable bonds is 7. The Morgan fingerprint density at radius 1 is 1.16 bits per heavy atom. The van der Waals surface area contributed by atoms with Gasteiger partial charge in [-0.15, -0.1) is 13.2 Å². The number of nitrogens with zero attached hydrogens (tertiary/aromatic N) is 3. The predicted molar refractivity (Wildman–Crippen MR) is 127 cm³/mol. The quantitative estimate of drug-likeness (QED) is 0.353. The summed E-state index contributed by atoms with van der Waals surface area (Å²) in [5, 5.41) is 5.04. The molecule has 0 spiro atoms. The van der Waals surface area contributed by atoms with Gasteiger partial charge in [-0.3, -0.25) is 19.0 Å². The minimum Gasteiger partial charge on any atom is -0.406 e. The van der Waals surface area contributed by atoms with Crippen molar-refractivity contribution in [3.8, 4) is 5.75 Å². The molecule has 4 rings (SSSR count). The van der Waals surface area contributed by atoms with Gasteiger partial charge < -0.3 is 15.0 Å². The number of aromatic amines is 1. The minimum atomic E-state index is -4.84. The molecule has 37 heavy (non-hydrogen) atoms. The highest BCUT2D eigenvalue weighted by Crippen LogP contribution is 2.29. The van der Waals surface area contributed by atoms with Gasteiger partial charge in [0.2, 0.25) is 5.91 Å². The maximum Gasteiger partial charge on any atom is 0.573 e. The summed E-state index contributed by atoms with van der Waals surface area (Å²) in [7, 11) is 1.55. The van der Waals surface area contributed by atoms with E-state index in [0.29, 0.717) is 5.69 Å². The maximum atomic E-state index is 13.5. The second-order valence-electron chi connectivity index (χ2n) is 8.25. The molecule has 0 radical (unpaired) electrons. The smallest absolute Gasteiger partial charge is 0.406 e. The fraction of sp³-hybridized carbons (Fsp3) is 0.261. The molecule has 2 amide bonds. The van der Waals surface area contributed by atoms with Gasteiger partial charge in [-0.25, -0.2) is 4.79 Å². The van der Waals surface area contributed by atoms with E-state index in [1.165, 1.54) is 26.6 Å². The number of aromatic nitrogens is 2. The third-order valence-electron chi connectivity index (χ3n) is 5.60. The van der Waals surface area contributed by atoms with E-state index in [0.717, 1.165) is 17.7 Å². The van der Waals surface area contributed by atoms with Crippen LogP contribution in [0.2, 0.25) is 0 Å². The summed E-state index contributed by atoms with van der Waals surface area (Å²) in [4.78, 5) is 41.2. The number of ether oxygens (including phenoxy) is 1. The van der Waals surface area contributed by atoms with Crippen LogP contribution >= 0.6 is 12.2 Å². The highest BCUT2D eigenvalue weighted by molar-refractivity contribution is 7.80. The lowest BCUT2D eigenvalue weighted by Crippen LogP contribution is -2.44. The van der Waals surface area contributed by atoms with E-state index in [1.807, 2.05) is 19.1 Å². The molecule has 2 aromatic carbocycles. The van der Waals surface area contributed by atoms with E-state index in [4.69, 9.17) is 16.7 Å². The van der Waals surface area contributed by atoms with Crippen LogP contribution < -0.4 is 25.3 Å². The number of aryl methyl sites for hydroxylation is 2. The number of benzene rings is 2. The molecule has 2 heterocycles. The van der Waals surface area contributed by atoms with Gasteiger partial charge in [0.25, 0.3) is 5.91 Å². The summed E-state index contributed by atoms with van der Waals surface area (Å²) in [5.41, 5.74) is 1.19. The largest absolute Gasteiger partial charge is 0.573 e. The third kappa shape index (κ3) is 5.80. The molecule has 1 aliphatic rings. The first-order valence-electron chi connectivity index (χ1n) is 10.9. The molecule has 194 valence electrons. The fourth-order valence-corrected chi connectivity index (χ4v) is 4.15. The Morgan fingerprint density at radius 3 is 2.38 bits per heavy atom. The van der Waals surface area contributed by atoms with Crippen LogP contribution in [0.25, 0.3) is 0 Å². The summed E-state index contributed by atoms with van der Waals surface area (Å²) < 4.78 is 47.1. The van der Waals surface area contributed by atoms with Crippen molar-refractivity contribution in [3.05, 3.63) is 70.2 Å². The number of carbonyl (C=O) groups is 2. The Kier molecular flexibility index (Phi) is 7.03. The Labute approximate surface area is 213 Å². The number of carbonyl (C=O) groups excluding carboxylic acids is 2. The topological polar surface area (TPSA) is 112 Å². The highest BCUT2D eigenvalue weighted by Gasteiger charge is 2.45. The van der Waals surface area contributed by atoms with Crippen LogP contribution in [0.1, 0.15) is 17.7 Å². The first kappa shape index (κ1) is 25.9. The molecule has 1 fully saturated rings. The molecule has 3 aromatic rings. The van der Waals surface area contributed by atoms with Gasteiger partial charge in [0.1, 0.15) is 18.3 Å². The van der Waals surface area contributed by atoms with E-state index < -0.39 is 35.6 Å². The van der Waals surface area contributed by atoms with Crippen LogP contribution in [0.3, 0.4) is 0 Å². The van der Waals surface area contributed by atoms with Crippen molar-refractivity contribution in [1.82, 2.24) is 10.2 Å². The van der Waals surface area contributed by atoms with Crippen molar-refractivity contribution in [2.45, 2.75) is 32.3 Å². The summed E-state index contributed by atoms with van der Waals surface area (Å²) in [5.74, 6) is -1.51. The van der Waals surface area contributed by atoms with Crippen molar-refractivity contribution in [1.29, 1.82) is 0 Å². The number of alkyl halides is 3. The average Bonchev–Trinajstić information content (AvgIpc) is 3.25. The molecule has 0 bridgehead atoms. The van der Waals surface area contributed by atoms with Crippen molar-refractivity contribution < 1.29 is 36.7 Å². The van der Waals surface area contributed by atoms with Gasteiger partial charge in [-0.05, 0) is 60.8 Å². The molecule has 1 atom stereocenters. The molecule has 1 aromatic heterocycles. The Balaban J connectivity index is 1.56. The van der Waals surface area contributed by atoms with Crippen LogP contribution in [0.5, 0.6) is 5.75 Å². The second kappa shape index (κ2) is 10.0. The zero-order valence-electron chi connectivity index (χ0n) is 19.5. The zero-order chi connectivity index (χ0) is 26.9. The number of nitrogens with one attached hydrogen (secondary N) is 2. The fourth-order valence-electron chi connectivity index (χ4n) is 3.77. The Bertz CT molecular complexity index is 1390. The van der Waals surface area contributed by atoms with Gasteiger partial charge in [-0.1, -0.05) is 22.4 Å². The van der Waals surface area contributed by atoms with Gasteiger partial charge in [-0.2, -0.15) is 0 Å². The molecule has 0 saturated carbocycles. The predicted octanol–water partition coefficient (Wildman–Crippen LogP) is 2.53. The Hall–Kier alpha value is -4.20. The molecule has 2 N–H and O–H groups in total. The van der Waals surface area contributed by atoms with Crippen molar-refractivity contribution in [3.63, 3.8) is 0 Å². The first-order valence-corrected chi connectivity index (χ1v) is 11.3. The number of anilines is 2. The van der Waals surface area contributed by atoms with E-state index >= 15 is 0 Å². The number of amides is 2. The maximum absolute atomic E-state index is 13.5. The monoisotopic (exact) mass is 536 g/mol. The molecule has 1 aliphatic heterocycles. The SMILES string of the molecule is Cc1ccc(N2C(=O)C(CC(=O)Nc3ccc(OC(F)(F)F)cc3)N(Cc3c(=O)o[nH][n+]3C)C2=S)cc1. The van der Waals surface area contributed by atoms with E-state index in [-0.39, 0.29) is 29.5 Å². The highest BCUT2D eigenvalue weighted by atomic mass is 32.1. The van der Waals surface area contributed by atoms with Crippen LogP contribution in [-0.4, -0.2) is 39.5 Å². The van der Waals surface area contributed by atoms with Crippen LogP contribution in [0.15, 0.2) is 57.8 Å². The third-order valence-corrected chi connectivity index (χ3v) is 6.01. The number of hydrogen-bond donors (Lipinski definition) is 2. The summed E-state index contributed by atoms with van der Waals surface area (Å²) in [6.07, 6.45) is -5.19.